The van der Waals surface area contributed by atoms with Crippen molar-refractivity contribution in [1.82, 2.24) is 9.62 Å². The third kappa shape index (κ3) is 3.61. The zero-order valence-corrected chi connectivity index (χ0v) is 13.9. The van der Waals surface area contributed by atoms with E-state index in [1.807, 2.05) is 6.07 Å². The lowest BCUT2D eigenvalue weighted by atomic mass is 9.94. The Morgan fingerprint density at radius 2 is 2.10 bits per heavy atom. The fourth-order valence-corrected chi connectivity index (χ4v) is 5.19. The van der Waals surface area contributed by atoms with Gasteiger partial charge < -0.3 is 5.32 Å². The van der Waals surface area contributed by atoms with Gasteiger partial charge in [-0.2, -0.15) is 4.31 Å². The first-order valence-electron chi connectivity index (χ1n) is 7.33. The van der Waals surface area contributed by atoms with Gasteiger partial charge in [-0.25, -0.2) is 8.42 Å². The SMILES string of the molecule is CCCNCCc1ccc(S(=O)(=O)N(C)C2CCC2)s1. The van der Waals surface area contributed by atoms with Crippen LogP contribution in [-0.2, 0) is 16.4 Å². The van der Waals surface area contributed by atoms with Gasteiger partial charge in [0, 0.05) is 18.0 Å². The van der Waals surface area contributed by atoms with Crippen LogP contribution in [0.4, 0.5) is 0 Å². The van der Waals surface area contributed by atoms with E-state index in [4.69, 9.17) is 0 Å². The second kappa shape index (κ2) is 7.02. The van der Waals surface area contributed by atoms with Crippen molar-refractivity contribution in [3.8, 4) is 0 Å². The summed E-state index contributed by atoms with van der Waals surface area (Å²) in [5, 5.41) is 3.34. The highest BCUT2D eigenvalue weighted by molar-refractivity contribution is 7.91. The lowest BCUT2D eigenvalue weighted by Crippen LogP contribution is -2.40. The summed E-state index contributed by atoms with van der Waals surface area (Å²) in [6, 6.07) is 3.90. The maximum atomic E-state index is 12.5. The van der Waals surface area contributed by atoms with E-state index in [2.05, 4.69) is 12.2 Å². The highest BCUT2D eigenvalue weighted by Crippen LogP contribution is 2.31. The van der Waals surface area contributed by atoms with Crippen LogP contribution in [0.1, 0.15) is 37.5 Å². The van der Waals surface area contributed by atoms with Crippen molar-refractivity contribution in [3.63, 3.8) is 0 Å². The number of hydrogen-bond donors (Lipinski definition) is 1. The zero-order chi connectivity index (χ0) is 14.6. The smallest absolute Gasteiger partial charge is 0.252 e. The summed E-state index contributed by atoms with van der Waals surface area (Å²) in [5.41, 5.74) is 0. The Balaban J connectivity index is 1.96. The number of thiophene rings is 1. The van der Waals surface area contributed by atoms with Gasteiger partial charge in [0.2, 0.25) is 0 Å². The van der Waals surface area contributed by atoms with E-state index in [9.17, 15) is 8.42 Å². The number of nitrogens with one attached hydrogen (secondary N) is 1. The van der Waals surface area contributed by atoms with Gasteiger partial charge >= 0.3 is 0 Å². The molecule has 1 fully saturated rings. The molecular weight excluding hydrogens is 292 g/mol. The van der Waals surface area contributed by atoms with E-state index in [1.165, 1.54) is 11.3 Å². The highest BCUT2D eigenvalue weighted by Gasteiger charge is 2.32. The van der Waals surface area contributed by atoms with Crippen LogP contribution in [0.25, 0.3) is 0 Å². The van der Waals surface area contributed by atoms with E-state index in [0.717, 1.165) is 50.1 Å². The van der Waals surface area contributed by atoms with E-state index in [1.54, 1.807) is 17.4 Å². The van der Waals surface area contributed by atoms with Gasteiger partial charge in [-0.1, -0.05) is 13.3 Å². The molecule has 4 nitrogen and oxygen atoms in total. The average Bonchev–Trinajstić information content (AvgIpc) is 2.82. The molecule has 0 aliphatic heterocycles. The highest BCUT2D eigenvalue weighted by atomic mass is 32.2. The number of rotatable bonds is 8. The molecule has 1 aliphatic carbocycles. The van der Waals surface area contributed by atoms with Crippen molar-refractivity contribution >= 4 is 21.4 Å². The third-order valence-electron chi connectivity index (χ3n) is 3.83. The lowest BCUT2D eigenvalue weighted by Gasteiger charge is -2.33. The van der Waals surface area contributed by atoms with E-state index < -0.39 is 10.0 Å². The molecule has 2 rings (SSSR count). The summed E-state index contributed by atoms with van der Waals surface area (Å²) >= 11 is 1.41. The van der Waals surface area contributed by atoms with Crippen molar-refractivity contribution in [2.45, 2.75) is 49.3 Å². The number of hydrogen-bond acceptors (Lipinski definition) is 4. The van der Waals surface area contributed by atoms with Crippen molar-refractivity contribution in [2.75, 3.05) is 20.1 Å². The Morgan fingerprint density at radius 1 is 1.35 bits per heavy atom. The summed E-state index contributed by atoms with van der Waals surface area (Å²) < 4.78 is 27.0. The Kier molecular flexibility index (Phi) is 5.60. The predicted molar refractivity (Wildman–Crippen MR) is 83.8 cm³/mol. The van der Waals surface area contributed by atoms with Crippen molar-refractivity contribution in [2.24, 2.45) is 0 Å². The van der Waals surface area contributed by atoms with Crippen LogP contribution in [0.2, 0.25) is 0 Å². The van der Waals surface area contributed by atoms with Crippen LogP contribution in [0.5, 0.6) is 0 Å². The predicted octanol–water partition coefficient (Wildman–Crippen LogP) is 2.46. The van der Waals surface area contributed by atoms with Gasteiger partial charge in [-0.05, 0) is 50.9 Å². The first kappa shape index (κ1) is 15.9. The molecule has 0 radical (unpaired) electrons. The third-order valence-corrected chi connectivity index (χ3v) is 7.36. The van der Waals surface area contributed by atoms with Gasteiger partial charge in [0.1, 0.15) is 4.21 Å². The zero-order valence-electron chi connectivity index (χ0n) is 12.3. The first-order chi connectivity index (χ1) is 9.55. The second-order valence-corrected chi connectivity index (χ2v) is 8.72. The molecule has 1 aromatic rings. The van der Waals surface area contributed by atoms with Gasteiger partial charge in [0.15, 0.2) is 0 Å². The number of sulfonamides is 1. The minimum atomic E-state index is -3.28. The molecule has 0 atom stereocenters. The monoisotopic (exact) mass is 316 g/mol. The van der Waals surface area contributed by atoms with Crippen LogP contribution in [0, 0.1) is 0 Å². The standard InChI is InChI=1S/C14H24N2O2S2/c1-3-10-15-11-9-13-7-8-14(19-13)20(17,18)16(2)12-5-4-6-12/h7-8,12,15H,3-6,9-11H2,1-2H3. The summed E-state index contributed by atoms with van der Waals surface area (Å²) in [7, 11) is -1.57. The Bertz CT molecular complexity index is 521. The molecule has 6 heteroatoms. The normalized spacial score (nSPS) is 16.6. The molecule has 1 heterocycles. The van der Waals surface area contributed by atoms with E-state index in [-0.39, 0.29) is 6.04 Å². The van der Waals surface area contributed by atoms with Crippen LogP contribution in [0.3, 0.4) is 0 Å². The van der Waals surface area contributed by atoms with Gasteiger partial charge in [0.25, 0.3) is 10.0 Å². The van der Waals surface area contributed by atoms with Crippen molar-refractivity contribution in [1.29, 1.82) is 0 Å². The maximum absolute atomic E-state index is 12.5. The minimum absolute atomic E-state index is 0.205. The molecule has 1 aromatic heterocycles. The maximum Gasteiger partial charge on any atom is 0.252 e. The average molecular weight is 316 g/mol. The van der Waals surface area contributed by atoms with E-state index in [0.29, 0.717) is 4.21 Å². The lowest BCUT2D eigenvalue weighted by molar-refractivity contribution is 0.250. The molecule has 1 saturated carbocycles. The fraction of sp³-hybridized carbons (Fsp3) is 0.714. The largest absolute Gasteiger partial charge is 0.316 e. The molecule has 0 unspecified atom stereocenters. The van der Waals surface area contributed by atoms with Crippen molar-refractivity contribution in [3.05, 3.63) is 17.0 Å². The van der Waals surface area contributed by atoms with Crippen LogP contribution < -0.4 is 5.32 Å². The van der Waals surface area contributed by atoms with Crippen LogP contribution >= 0.6 is 11.3 Å². The molecule has 0 saturated heterocycles. The summed E-state index contributed by atoms with van der Waals surface area (Å²) in [6.45, 7) is 4.06. The molecular formula is C14H24N2O2S2. The first-order valence-corrected chi connectivity index (χ1v) is 9.59. The van der Waals surface area contributed by atoms with Crippen LogP contribution in [0.15, 0.2) is 16.3 Å². The minimum Gasteiger partial charge on any atom is -0.316 e. The summed E-state index contributed by atoms with van der Waals surface area (Å²) in [5.74, 6) is 0. The molecule has 114 valence electrons. The molecule has 0 aromatic carbocycles. The fourth-order valence-electron chi connectivity index (χ4n) is 2.23. The van der Waals surface area contributed by atoms with E-state index >= 15 is 0 Å². The quantitative estimate of drug-likeness (QED) is 0.750. The Morgan fingerprint density at radius 3 is 2.70 bits per heavy atom. The number of nitrogens with zero attached hydrogens (tertiary/aromatic N) is 1. The van der Waals surface area contributed by atoms with Gasteiger partial charge in [0.05, 0.1) is 0 Å². The molecule has 1 aliphatic rings. The molecule has 1 N–H and O–H groups in total. The van der Waals surface area contributed by atoms with Gasteiger partial charge in [-0.3, -0.25) is 0 Å². The Labute approximate surface area is 126 Å². The summed E-state index contributed by atoms with van der Waals surface area (Å²) in [4.78, 5) is 1.13. The molecule has 20 heavy (non-hydrogen) atoms. The molecule has 0 amide bonds. The van der Waals surface area contributed by atoms with Crippen LogP contribution in [-0.4, -0.2) is 38.9 Å². The van der Waals surface area contributed by atoms with Crippen molar-refractivity contribution < 1.29 is 8.42 Å². The Hall–Kier alpha value is -0.430. The molecule has 0 spiro atoms. The second-order valence-electron chi connectivity index (χ2n) is 5.33. The topological polar surface area (TPSA) is 49.4 Å². The van der Waals surface area contributed by atoms with Gasteiger partial charge in [-0.15, -0.1) is 11.3 Å². The molecule has 0 bridgehead atoms. The summed E-state index contributed by atoms with van der Waals surface area (Å²) in [6.07, 6.45) is 5.15.